The number of sulfonamides is 1. The second-order valence-corrected chi connectivity index (χ2v) is 7.49. The van der Waals surface area contributed by atoms with Gasteiger partial charge in [-0.3, -0.25) is 0 Å². The van der Waals surface area contributed by atoms with Crippen molar-refractivity contribution in [2.45, 2.75) is 53.0 Å². The molecule has 1 aliphatic rings. The summed E-state index contributed by atoms with van der Waals surface area (Å²) in [4.78, 5) is 0. The van der Waals surface area contributed by atoms with Crippen LogP contribution in [0.5, 0.6) is 0 Å². The number of hydrogen-bond donors (Lipinski definition) is 0. The first-order valence-corrected chi connectivity index (χ1v) is 7.39. The van der Waals surface area contributed by atoms with Crippen molar-refractivity contribution in [1.29, 1.82) is 0 Å². The molecule has 15 heavy (non-hydrogen) atoms. The summed E-state index contributed by atoms with van der Waals surface area (Å²) >= 11 is 0. The summed E-state index contributed by atoms with van der Waals surface area (Å²) in [5, 5.41) is 0. The van der Waals surface area contributed by atoms with Crippen LogP contribution in [0.1, 0.15) is 47.0 Å². The summed E-state index contributed by atoms with van der Waals surface area (Å²) in [6, 6.07) is 0.189. The zero-order chi connectivity index (χ0) is 11.7. The molecule has 1 unspecified atom stereocenters. The third-order valence-corrected chi connectivity index (χ3v) is 5.10. The molecule has 0 aliphatic carbocycles. The average molecular weight is 233 g/mol. The molecular formula is C11H23NO2S. The lowest BCUT2D eigenvalue weighted by atomic mass is 9.86. The summed E-state index contributed by atoms with van der Waals surface area (Å²) in [5.74, 6) is 0.291. The number of rotatable bonds is 3. The van der Waals surface area contributed by atoms with Crippen molar-refractivity contribution in [3.8, 4) is 0 Å². The lowest BCUT2D eigenvalue weighted by Crippen LogP contribution is -2.43. The third-order valence-electron chi connectivity index (χ3n) is 3.02. The van der Waals surface area contributed by atoms with Gasteiger partial charge in [0.05, 0.1) is 5.75 Å². The largest absolute Gasteiger partial charge is 0.214 e. The van der Waals surface area contributed by atoms with Gasteiger partial charge in [0, 0.05) is 12.6 Å². The molecule has 1 fully saturated rings. The molecule has 0 radical (unpaired) electrons. The Kier molecular flexibility index (Phi) is 3.82. The van der Waals surface area contributed by atoms with Crippen LogP contribution in [-0.4, -0.2) is 31.1 Å². The van der Waals surface area contributed by atoms with Crippen molar-refractivity contribution in [1.82, 2.24) is 4.31 Å². The highest BCUT2D eigenvalue weighted by Crippen LogP contribution is 2.34. The van der Waals surface area contributed by atoms with Gasteiger partial charge in [-0.05, 0) is 24.7 Å². The SMILES string of the molecule is CCCS(=O)(=O)N1CCCC1C(C)(C)C. The first-order valence-electron chi connectivity index (χ1n) is 5.78. The van der Waals surface area contributed by atoms with Crippen LogP contribution < -0.4 is 0 Å². The minimum atomic E-state index is -3.01. The molecule has 3 nitrogen and oxygen atoms in total. The van der Waals surface area contributed by atoms with Crippen molar-refractivity contribution >= 4 is 10.0 Å². The normalized spacial score (nSPS) is 24.7. The van der Waals surface area contributed by atoms with Crippen molar-refractivity contribution in [2.24, 2.45) is 5.41 Å². The van der Waals surface area contributed by atoms with E-state index in [9.17, 15) is 8.42 Å². The summed E-state index contributed by atoms with van der Waals surface area (Å²) in [6.45, 7) is 9.00. The molecule has 0 saturated carbocycles. The van der Waals surface area contributed by atoms with Crippen LogP contribution in [0.4, 0.5) is 0 Å². The van der Waals surface area contributed by atoms with Crippen LogP contribution in [0.15, 0.2) is 0 Å². The fourth-order valence-corrected chi connectivity index (χ4v) is 4.28. The molecule has 0 aromatic carbocycles. The Morgan fingerprint density at radius 3 is 2.40 bits per heavy atom. The number of hydrogen-bond acceptors (Lipinski definition) is 2. The molecule has 0 bridgehead atoms. The van der Waals surface area contributed by atoms with Crippen molar-refractivity contribution in [2.75, 3.05) is 12.3 Å². The first kappa shape index (κ1) is 13.0. The molecule has 1 saturated heterocycles. The zero-order valence-electron chi connectivity index (χ0n) is 10.3. The predicted octanol–water partition coefficient (Wildman–Crippen LogP) is 2.24. The summed E-state index contributed by atoms with van der Waals surface area (Å²) < 4.78 is 25.8. The highest BCUT2D eigenvalue weighted by atomic mass is 32.2. The van der Waals surface area contributed by atoms with Gasteiger partial charge in [0.25, 0.3) is 0 Å². The van der Waals surface area contributed by atoms with E-state index in [0.29, 0.717) is 18.7 Å². The second-order valence-electron chi connectivity index (χ2n) is 5.45. The Morgan fingerprint density at radius 2 is 1.93 bits per heavy atom. The van der Waals surface area contributed by atoms with E-state index in [4.69, 9.17) is 0 Å². The minimum absolute atomic E-state index is 0.0529. The third kappa shape index (κ3) is 2.94. The summed E-state index contributed by atoms with van der Waals surface area (Å²) in [6.07, 6.45) is 2.72. The molecule has 1 heterocycles. The topological polar surface area (TPSA) is 37.4 Å². The monoisotopic (exact) mass is 233 g/mol. The standard InChI is InChI=1S/C11H23NO2S/c1-5-9-15(13,14)12-8-6-7-10(12)11(2,3)4/h10H,5-9H2,1-4H3. The Morgan fingerprint density at radius 1 is 1.33 bits per heavy atom. The first-order chi connectivity index (χ1) is 6.79. The van der Waals surface area contributed by atoms with E-state index in [1.54, 1.807) is 4.31 Å². The van der Waals surface area contributed by atoms with E-state index < -0.39 is 10.0 Å². The van der Waals surface area contributed by atoms with Crippen LogP contribution in [0, 0.1) is 5.41 Å². The lowest BCUT2D eigenvalue weighted by Gasteiger charge is -2.34. The van der Waals surface area contributed by atoms with E-state index in [1.165, 1.54) is 0 Å². The molecule has 0 amide bonds. The molecule has 90 valence electrons. The van der Waals surface area contributed by atoms with Gasteiger partial charge in [-0.15, -0.1) is 0 Å². The second kappa shape index (κ2) is 4.42. The Bertz CT molecular complexity index is 303. The molecular weight excluding hydrogens is 210 g/mol. The van der Waals surface area contributed by atoms with Crippen molar-refractivity contribution in [3.63, 3.8) is 0 Å². The van der Waals surface area contributed by atoms with Crippen LogP contribution in [-0.2, 0) is 10.0 Å². The molecule has 1 atom stereocenters. The van der Waals surface area contributed by atoms with Crippen LogP contribution >= 0.6 is 0 Å². The van der Waals surface area contributed by atoms with E-state index in [-0.39, 0.29) is 11.5 Å². The molecule has 0 aromatic rings. The van der Waals surface area contributed by atoms with Gasteiger partial charge >= 0.3 is 0 Å². The van der Waals surface area contributed by atoms with Crippen LogP contribution in [0.25, 0.3) is 0 Å². The fraction of sp³-hybridized carbons (Fsp3) is 1.00. The highest BCUT2D eigenvalue weighted by Gasteiger charge is 2.39. The van der Waals surface area contributed by atoms with Gasteiger partial charge in [0.1, 0.15) is 0 Å². The maximum absolute atomic E-state index is 12.0. The summed E-state index contributed by atoms with van der Waals surface area (Å²) in [7, 11) is -3.01. The molecule has 0 spiro atoms. The number of nitrogens with zero attached hydrogens (tertiary/aromatic N) is 1. The van der Waals surface area contributed by atoms with Gasteiger partial charge in [-0.25, -0.2) is 8.42 Å². The van der Waals surface area contributed by atoms with Gasteiger partial charge in [0.2, 0.25) is 10.0 Å². The van der Waals surface area contributed by atoms with Gasteiger partial charge < -0.3 is 0 Å². The highest BCUT2D eigenvalue weighted by molar-refractivity contribution is 7.89. The molecule has 4 heteroatoms. The van der Waals surface area contributed by atoms with Gasteiger partial charge in [0.15, 0.2) is 0 Å². The van der Waals surface area contributed by atoms with E-state index in [0.717, 1.165) is 12.8 Å². The van der Waals surface area contributed by atoms with Gasteiger partial charge in [-0.2, -0.15) is 4.31 Å². The smallest absolute Gasteiger partial charge is 0.212 e. The Balaban J connectivity index is 2.86. The fourth-order valence-electron chi connectivity index (χ4n) is 2.31. The Hall–Kier alpha value is -0.0900. The lowest BCUT2D eigenvalue weighted by molar-refractivity contribution is 0.216. The maximum atomic E-state index is 12.0. The van der Waals surface area contributed by atoms with Crippen LogP contribution in [0.3, 0.4) is 0 Å². The Labute approximate surface area is 93.9 Å². The van der Waals surface area contributed by atoms with Crippen molar-refractivity contribution in [3.05, 3.63) is 0 Å². The quantitative estimate of drug-likeness (QED) is 0.749. The summed E-state index contributed by atoms with van der Waals surface area (Å²) in [5.41, 5.74) is 0.0529. The predicted molar refractivity (Wildman–Crippen MR) is 63.3 cm³/mol. The van der Waals surface area contributed by atoms with E-state index >= 15 is 0 Å². The molecule has 0 aromatic heterocycles. The zero-order valence-corrected chi connectivity index (χ0v) is 11.1. The van der Waals surface area contributed by atoms with Crippen molar-refractivity contribution < 1.29 is 8.42 Å². The molecule has 1 rings (SSSR count). The van der Waals surface area contributed by atoms with E-state index in [2.05, 4.69) is 20.8 Å². The minimum Gasteiger partial charge on any atom is -0.212 e. The van der Waals surface area contributed by atoms with Crippen LogP contribution in [0.2, 0.25) is 0 Å². The average Bonchev–Trinajstić information content (AvgIpc) is 2.49. The maximum Gasteiger partial charge on any atom is 0.214 e. The molecule has 1 aliphatic heterocycles. The van der Waals surface area contributed by atoms with Gasteiger partial charge in [-0.1, -0.05) is 27.7 Å². The molecule has 0 N–H and O–H groups in total. The van der Waals surface area contributed by atoms with E-state index in [1.807, 2.05) is 6.92 Å².